The minimum absolute atomic E-state index is 0.670. The van der Waals surface area contributed by atoms with Crippen molar-refractivity contribution in [3.05, 3.63) is 12.0 Å². The van der Waals surface area contributed by atoms with Crippen LogP contribution in [0.4, 0.5) is 0 Å². The summed E-state index contributed by atoms with van der Waals surface area (Å²) in [4.78, 5) is 0. The van der Waals surface area contributed by atoms with Crippen LogP contribution in [0.25, 0.3) is 0 Å². The normalized spacial score (nSPS) is 14.4. The summed E-state index contributed by atoms with van der Waals surface area (Å²) in [5.41, 5.74) is 0. The van der Waals surface area contributed by atoms with Gasteiger partial charge in [0.1, 0.15) is 9.39 Å². The molecule has 5 heavy (non-hydrogen) atoms. The average Bonchev–Trinajstić information content (AvgIpc) is 1.38. The Hall–Kier alpha value is 0.107. The van der Waals surface area contributed by atoms with Gasteiger partial charge in [0.15, 0.2) is 0 Å². The Kier molecular flexibility index (Phi) is 2.40. The first-order valence-electron chi connectivity index (χ1n) is 1.22. The van der Waals surface area contributed by atoms with Gasteiger partial charge < -0.3 is 0 Å². The van der Waals surface area contributed by atoms with Crippen LogP contribution >= 0.6 is 0 Å². The van der Waals surface area contributed by atoms with E-state index >= 15 is 0 Å². The molecular weight excluding hydrogens is 100 g/mol. The average molecular weight is 106 g/mol. The van der Waals surface area contributed by atoms with E-state index in [4.69, 9.17) is 0 Å². The number of hydrogen-bond donors (Lipinski definition) is 0. The summed E-state index contributed by atoms with van der Waals surface area (Å²) >= 11 is 0. The van der Waals surface area contributed by atoms with Crippen molar-refractivity contribution < 1.29 is 4.21 Å². The quantitative estimate of drug-likeness (QED) is 0.398. The fourth-order valence-corrected chi connectivity index (χ4v) is 0. The highest BCUT2D eigenvalue weighted by atomic mass is 32.4. The van der Waals surface area contributed by atoms with E-state index in [1.807, 2.05) is 0 Å². The lowest BCUT2D eigenvalue weighted by Gasteiger charge is -1.66. The Labute approximate surface area is 36.6 Å². The minimum atomic E-state index is -0.670. The van der Waals surface area contributed by atoms with Crippen molar-refractivity contribution in [3.8, 4) is 0 Å². The zero-order valence-corrected chi connectivity index (χ0v) is 5.92. The highest BCUT2D eigenvalue weighted by Crippen LogP contribution is 1.63. The van der Waals surface area contributed by atoms with Gasteiger partial charge in [-0.3, -0.25) is 4.21 Å². The molecule has 0 aromatic heterocycles. The van der Waals surface area contributed by atoms with Crippen LogP contribution in [-0.2, 0) is 10.2 Å². The van der Waals surface area contributed by atoms with Crippen molar-refractivity contribution in [1.82, 2.24) is 0 Å². The van der Waals surface area contributed by atoms with E-state index in [9.17, 15) is 4.21 Å². The van der Waals surface area contributed by atoms with Crippen molar-refractivity contribution in [1.29, 1.82) is 0 Å². The highest BCUT2D eigenvalue weighted by Gasteiger charge is 1.65. The van der Waals surface area contributed by atoms with E-state index in [-0.39, 0.29) is 0 Å². The summed E-state index contributed by atoms with van der Waals surface area (Å²) in [6.45, 7) is 3.29. The molecule has 0 bridgehead atoms. The van der Waals surface area contributed by atoms with E-state index in [1.54, 1.807) is 0 Å². The lowest BCUT2D eigenvalue weighted by molar-refractivity contribution is 0.695. The van der Waals surface area contributed by atoms with Crippen LogP contribution in [0, 0.1) is 0 Å². The molecule has 0 radical (unpaired) electrons. The van der Waals surface area contributed by atoms with E-state index < -0.39 is 10.2 Å². The molecular formula is C2H6OSSi. The zero-order valence-electron chi connectivity index (χ0n) is 3.10. The smallest absolute Gasteiger partial charge is 0.117 e. The molecule has 0 amide bonds. The summed E-state index contributed by atoms with van der Waals surface area (Å²) in [6.07, 6.45) is 0. The molecule has 1 atom stereocenters. The van der Waals surface area contributed by atoms with Crippen molar-refractivity contribution >= 4 is 19.6 Å². The van der Waals surface area contributed by atoms with Crippen LogP contribution in [0.3, 0.4) is 0 Å². The summed E-state index contributed by atoms with van der Waals surface area (Å²) in [5.74, 6) is 0. The molecule has 0 aliphatic rings. The predicted octanol–water partition coefficient (Wildman–Crippen LogP) is -0.841. The second-order valence-electron chi connectivity index (χ2n) is 0.665. The molecule has 30 valence electrons. The second kappa shape index (κ2) is 2.35. The van der Waals surface area contributed by atoms with E-state index in [1.165, 1.54) is 5.41 Å². The summed E-state index contributed by atoms with van der Waals surface area (Å²) in [6, 6.07) is 0. The monoisotopic (exact) mass is 106 g/mol. The van der Waals surface area contributed by atoms with Crippen LogP contribution in [0.2, 0.25) is 0 Å². The van der Waals surface area contributed by atoms with Gasteiger partial charge in [-0.1, -0.05) is 6.58 Å². The van der Waals surface area contributed by atoms with Crippen LogP contribution in [0.1, 0.15) is 0 Å². The first-order chi connectivity index (χ1) is 2.27. The Bertz CT molecular complexity index is 60.7. The van der Waals surface area contributed by atoms with Gasteiger partial charge in [-0.2, -0.15) is 0 Å². The molecule has 0 N–H and O–H groups in total. The molecule has 0 spiro atoms. The van der Waals surface area contributed by atoms with E-state index in [2.05, 4.69) is 6.58 Å². The minimum Gasteiger partial charge on any atom is -0.263 e. The maximum atomic E-state index is 9.87. The fraction of sp³-hybridized carbons (Fsp3) is 0. The van der Waals surface area contributed by atoms with Crippen LogP contribution in [0.15, 0.2) is 12.0 Å². The van der Waals surface area contributed by atoms with Gasteiger partial charge in [-0.15, -0.1) is 0 Å². The Morgan fingerprint density at radius 1 is 2.00 bits per heavy atom. The largest absolute Gasteiger partial charge is 0.263 e. The number of hydrogen-bond acceptors (Lipinski definition) is 1. The third kappa shape index (κ3) is 4.11. The van der Waals surface area contributed by atoms with Crippen molar-refractivity contribution in [2.24, 2.45) is 0 Å². The molecule has 0 rings (SSSR count). The maximum Gasteiger partial charge on any atom is 0.117 e. The molecule has 0 aliphatic carbocycles. The molecule has 0 aromatic carbocycles. The van der Waals surface area contributed by atoms with Gasteiger partial charge in [0.2, 0.25) is 0 Å². The van der Waals surface area contributed by atoms with Crippen LogP contribution in [0.5, 0.6) is 0 Å². The Morgan fingerprint density at radius 2 is 2.20 bits per heavy atom. The topological polar surface area (TPSA) is 17.1 Å². The molecule has 1 nitrogen and oxygen atoms in total. The second-order valence-corrected chi connectivity index (χ2v) is 4.41. The Morgan fingerprint density at radius 3 is 2.20 bits per heavy atom. The molecule has 3 heteroatoms. The summed E-state index contributed by atoms with van der Waals surface area (Å²) in [5, 5.41) is 1.45. The molecule has 0 aliphatic heterocycles. The highest BCUT2D eigenvalue weighted by molar-refractivity contribution is 8.09. The van der Waals surface area contributed by atoms with Crippen molar-refractivity contribution in [2.75, 3.05) is 0 Å². The third-order valence-electron chi connectivity index (χ3n) is 0.235. The zero-order chi connectivity index (χ0) is 4.28. The summed E-state index contributed by atoms with van der Waals surface area (Å²) < 4.78 is 9.87. The molecule has 0 saturated carbocycles. The van der Waals surface area contributed by atoms with Gasteiger partial charge in [0.25, 0.3) is 0 Å². The molecule has 0 fully saturated rings. The molecule has 0 saturated heterocycles. The Balaban J connectivity index is 3.20. The first-order valence-corrected chi connectivity index (χ1v) is 5.29. The van der Waals surface area contributed by atoms with Gasteiger partial charge in [-0.05, 0) is 5.41 Å². The number of rotatable bonds is 1. The van der Waals surface area contributed by atoms with Gasteiger partial charge in [-0.25, -0.2) is 0 Å². The lowest BCUT2D eigenvalue weighted by Crippen LogP contribution is -1.72. The van der Waals surface area contributed by atoms with Crippen molar-refractivity contribution in [2.45, 2.75) is 0 Å². The SMILES string of the molecule is C=CS(=O)[SiH3]. The van der Waals surface area contributed by atoms with E-state index in [0.717, 1.165) is 9.39 Å². The predicted molar refractivity (Wildman–Crippen MR) is 28.3 cm³/mol. The van der Waals surface area contributed by atoms with Crippen LogP contribution < -0.4 is 0 Å². The third-order valence-corrected chi connectivity index (χ3v) is 1.70. The molecule has 1 unspecified atom stereocenters. The lowest BCUT2D eigenvalue weighted by atomic mass is 11.3. The summed E-state index contributed by atoms with van der Waals surface area (Å²) in [7, 11) is 0.0540. The standard InChI is InChI=1S/C2H6OSSi/c1-2-4(3)5/h2H,1H2,5H3. The molecule has 0 aromatic rings. The van der Waals surface area contributed by atoms with Gasteiger partial charge in [0.05, 0.1) is 0 Å². The van der Waals surface area contributed by atoms with Crippen LogP contribution in [-0.4, -0.2) is 13.6 Å². The maximum absolute atomic E-state index is 9.87. The molecule has 0 heterocycles. The van der Waals surface area contributed by atoms with E-state index in [0.29, 0.717) is 0 Å². The van der Waals surface area contributed by atoms with Gasteiger partial charge in [0, 0.05) is 10.2 Å². The first kappa shape index (κ1) is 5.11. The fourth-order valence-electron chi connectivity index (χ4n) is 0. The van der Waals surface area contributed by atoms with Crippen molar-refractivity contribution in [3.63, 3.8) is 0 Å². The van der Waals surface area contributed by atoms with Gasteiger partial charge >= 0.3 is 0 Å².